The molecule has 27 heavy (non-hydrogen) atoms. The number of rotatable bonds is 4. The van der Waals surface area contributed by atoms with E-state index in [9.17, 15) is 17.6 Å². The van der Waals surface area contributed by atoms with Gasteiger partial charge in [-0.15, -0.1) is 0 Å². The Hall–Kier alpha value is -1.94. The SMILES string of the molecule is CC(=S)NCC1CN(c2ccc(N3CCCS(=O)(=O)CC3)c(F)c2)C(=O)O1. The highest BCUT2D eigenvalue weighted by Gasteiger charge is 2.33. The van der Waals surface area contributed by atoms with Crippen LogP contribution in [0.3, 0.4) is 0 Å². The molecule has 1 aromatic carbocycles. The van der Waals surface area contributed by atoms with E-state index in [4.69, 9.17) is 17.0 Å². The van der Waals surface area contributed by atoms with Crippen molar-refractivity contribution in [2.24, 2.45) is 0 Å². The number of amides is 1. The van der Waals surface area contributed by atoms with Crippen molar-refractivity contribution in [3.8, 4) is 0 Å². The third kappa shape index (κ3) is 4.86. The molecule has 1 unspecified atom stereocenters. The number of carbonyl (C=O) groups is 1. The average Bonchev–Trinajstić information content (AvgIpc) is 2.87. The van der Waals surface area contributed by atoms with Crippen LogP contribution in [-0.2, 0) is 14.6 Å². The second-order valence-corrected chi connectivity index (χ2v) is 9.60. The number of carbonyl (C=O) groups excluding carboxylic acids is 1. The van der Waals surface area contributed by atoms with E-state index in [2.05, 4.69) is 5.32 Å². The van der Waals surface area contributed by atoms with Gasteiger partial charge in [-0.25, -0.2) is 17.6 Å². The molecule has 1 aromatic rings. The Labute approximate surface area is 163 Å². The summed E-state index contributed by atoms with van der Waals surface area (Å²) in [4.78, 5) is 15.8. The van der Waals surface area contributed by atoms with Gasteiger partial charge in [0.2, 0.25) is 0 Å². The predicted molar refractivity (Wildman–Crippen MR) is 106 cm³/mol. The Morgan fingerprint density at radius 1 is 1.37 bits per heavy atom. The molecule has 148 valence electrons. The fourth-order valence-electron chi connectivity index (χ4n) is 3.20. The zero-order valence-corrected chi connectivity index (χ0v) is 16.6. The number of hydrogen-bond donors (Lipinski definition) is 1. The third-order valence-corrected chi connectivity index (χ3v) is 6.45. The van der Waals surface area contributed by atoms with Crippen LogP contribution in [0.5, 0.6) is 0 Å². The lowest BCUT2D eigenvalue weighted by molar-refractivity contribution is 0.143. The van der Waals surface area contributed by atoms with Crippen molar-refractivity contribution in [1.82, 2.24) is 5.32 Å². The summed E-state index contributed by atoms with van der Waals surface area (Å²) in [5, 5.41) is 2.95. The second-order valence-electron chi connectivity index (χ2n) is 6.68. The molecule has 1 amide bonds. The van der Waals surface area contributed by atoms with E-state index in [1.165, 1.54) is 11.0 Å². The zero-order chi connectivity index (χ0) is 19.6. The monoisotopic (exact) mass is 415 g/mol. The lowest BCUT2D eigenvalue weighted by atomic mass is 10.2. The number of anilines is 2. The maximum Gasteiger partial charge on any atom is 0.414 e. The number of nitrogens with one attached hydrogen (secondary N) is 1. The van der Waals surface area contributed by atoms with E-state index in [-0.39, 0.29) is 24.2 Å². The number of benzene rings is 1. The molecule has 1 N–H and O–H groups in total. The quantitative estimate of drug-likeness (QED) is 0.750. The van der Waals surface area contributed by atoms with Crippen LogP contribution < -0.4 is 15.1 Å². The molecule has 0 bridgehead atoms. The molecule has 0 saturated carbocycles. The molecular weight excluding hydrogens is 393 g/mol. The smallest absolute Gasteiger partial charge is 0.414 e. The van der Waals surface area contributed by atoms with Gasteiger partial charge in [0.25, 0.3) is 0 Å². The van der Waals surface area contributed by atoms with Crippen LogP contribution >= 0.6 is 12.2 Å². The standard InChI is InChI=1S/C17H22FN3O4S2/c1-12(26)19-10-14-11-21(17(22)25-14)13-3-4-16(15(18)9-13)20-5-2-7-27(23,24)8-6-20/h3-4,9,14H,2,5-8,10-11H2,1H3,(H,19,26). The molecule has 2 heterocycles. The summed E-state index contributed by atoms with van der Waals surface area (Å²) in [6.45, 7) is 3.18. The summed E-state index contributed by atoms with van der Waals surface area (Å²) in [7, 11) is -3.07. The van der Waals surface area contributed by atoms with E-state index in [0.717, 1.165) is 0 Å². The largest absolute Gasteiger partial charge is 0.442 e. The van der Waals surface area contributed by atoms with E-state index >= 15 is 0 Å². The maximum absolute atomic E-state index is 14.7. The highest BCUT2D eigenvalue weighted by Crippen LogP contribution is 2.28. The van der Waals surface area contributed by atoms with E-state index < -0.39 is 21.7 Å². The minimum atomic E-state index is -3.07. The minimum absolute atomic E-state index is 0.0145. The molecule has 2 aliphatic heterocycles. The first kappa shape index (κ1) is 19.8. The summed E-state index contributed by atoms with van der Waals surface area (Å²) in [6.07, 6.45) is -0.429. The Balaban J connectivity index is 1.71. The van der Waals surface area contributed by atoms with E-state index in [0.29, 0.717) is 42.4 Å². The molecule has 10 heteroatoms. The van der Waals surface area contributed by atoms with Crippen LogP contribution in [0.25, 0.3) is 0 Å². The molecule has 0 aromatic heterocycles. The van der Waals surface area contributed by atoms with Crippen molar-refractivity contribution >= 4 is 44.5 Å². The zero-order valence-electron chi connectivity index (χ0n) is 15.0. The highest BCUT2D eigenvalue weighted by molar-refractivity contribution is 7.91. The second kappa shape index (κ2) is 7.97. The number of halogens is 1. The molecule has 3 rings (SSSR count). The average molecular weight is 416 g/mol. The van der Waals surface area contributed by atoms with Gasteiger partial charge in [0.15, 0.2) is 9.84 Å². The Morgan fingerprint density at radius 3 is 2.85 bits per heavy atom. The van der Waals surface area contributed by atoms with Gasteiger partial charge in [-0.2, -0.15) is 0 Å². The van der Waals surface area contributed by atoms with Gasteiger partial charge in [0.1, 0.15) is 11.9 Å². The normalized spacial score (nSPS) is 22.3. The van der Waals surface area contributed by atoms with Crippen molar-refractivity contribution in [3.05, 3.63) is 24.0 Å². The first-order valence-corrected chi connectivity index (χ1v) is 11.0. The van der Waals surface area contributed by atoms with Crippen LogP contribution in [0.1, 0.15) is 13.3 Å². The summed E-state index contributed by atoms with van der Waals surface area (Å²) < 4.78 is 43.4. The molecular formula is C17H22FN3O4S2. The lowest BCUT2D eigenvalue weighted by Crippen LogP contribution is -2.32. The van der Waals surface area contributed by atoms with Crippen molar-refractivity contribution < 1.29 is 22.3 Å². The van der Waals surface area contributed by atoms with Crippen molar-refractivity contribution in [2.75, 3.05) is 47.5 Å². The van der Waals surface area contributed by atoms with Crippen LogP contribution in [0, 0.1) is 5.82 Å². The summed E-state index contributed by atoms with van der Waals surface area (Å²) >= 11 is 4.94. The Morgan fingerprint density at radius 2 is 2.15 bits per heavy atom. The number of cyclic esters (lactones) is 1. The minimum Gasteiger partial charge on any atom is -0.442 e. The predicted octanol–water partition coefficient (Wildman–Crippen LogP) is 1.71. The topological polar surface area (TPSA) is 79.0 Å². The van der Waals surface area contributed by atoms with Crippen LogP contribution in [0.15, 0.2) is 18.2 Å². The van der Waals surface area contributed by atoms with Crippen LogP contribution in [0.4, 0.5) is 20.6 Å². The number of sulfone groups is 1. The van der Waals surface area contributed by atoms with Gasteiger partial charge in [-0.1, -0.05) is 12.2 Å². The molecule has 0 radical (unpaired) electrons. The van der Waals surface area contributed by atoms with Gasteiger partial charge < -0.3 is 15.0 Å². The lowest BCUT2D eigenvalue weighted by Gasteiger charge is -2.23. The van der Waals surface area contributed by atoms with Gasteiger partial charge >= 0.3 is 6.09 Å². The Bertz CT molecular complexity index is 847. The molecule has 2 saturated heterocycles. The fourth-order valence-corrected chi connectivity index (χ4v) is 4.55. The van der Waals surface area contributed by atoms with Crippen molar-refractivity contribution in [1.29, 1.82) is 0 Å². The molecule has 2 aliphatic rings. The maximum atomic E-state index is 14.7. The molecule has 1 atom stereocenters. The number of hydrogen-bond acceptors (Lipinski definition) is 6. The first-order valence-electron chi connectivity index (χ1n) is 8.73. The van der Waals surface area contributed by atoms with Crippen molar-refractivity contribution in [3.63, 3.8) is 0 Å². The number of ether oxygens (including phenoxy) is 1. The van der Waals surface area contributed by atoms with Crippen molar-refractivity contribution in [2.45, 2.75) is 19.4 Å². The first-order chi connectivity index (χ1) is 12.7. The van der Waals surface area contributed by atoms with Crippen LogP contribution in [-0.4, -0.2) is 63.3 Å². The fraction of sp³-hybridized carbons (Fsp3) is 0.529. The van der Waals surface area contributed by atoms with Gasteiger partial charge in [-0.05, 0) is 31.5 Å². The summed E-state index contributed by atoms with van der Waals surface area (Å²) in [6, 6.07) is 4.53. The Kier molecular flexibility index (Phi) is 5.85. The van der Waals surface area contributed by atoms with Gasteiger partial charge in [0.05, 0.1) is 41.0 Å². The number of thiocarbonyl (C=S) groups is 1. The molecule has 0 aliphatic carbocycles. The summed E-state index contributed by atoms with van der Waals surface area (Å²) in [5.74, 6) is -0.351. The van der Waals surface area contributed by atoms with E-state index in [1.54, 1.807) is 24.0 Å². The summed E-state index contributed by atoms with van der Waals surface area (Å²) in [5.41, 5.74) is 0.753. The van der Waals surface area contributed by atoms with E-state index in [1.807, 2.05) is 0 Å². The molecule has 2 fully saturated rings. The van der Waals surface area contributed by atoms with Crippen LogP contribution in [0.2, 0.25) is 0 Å². The number of nitrogens with zero attached hydrogens (tertiary/aromatic N) is 2. The molecule has 0 spiro atoms. The highest BCUT2D eigenvalue weighted by atomic mass is 32.2. The molecule has 7 nitrogen and oxygen atoms in total. The van der Waals surface area contributed by atoms with Gasteiger partial charge in [0, 0.05) is 13.1 Å². The van der Waals surface area contributed by atoms with Gasteiger partial charge in [-0.3, -0.25) is 4.90 Å². The third-order valence-electron chi connectivity index (χ3n) is 4.59.